The summed E-state index contributed by atoms with van der Waals surface area (Å²) in [5, 5.41) is 3.41. The van der Waals surface area contributed by atoms with E-state index in [9.17, 15) is 13.2 Å². The molecule has 0 bridgehead atoms. The second-order valence-electron chi connectivity index (χ2n) is 8.06. The molecular formula is C23H26F3NS. The number of alkyl halides is 3. The van der Waals surface area contributed by atoms with Crippen molar-refractivity contribution in [2.75, 3.05) is 11.9 Å². The Balaban J connectivity index is 1.58. The lowest BCUT2D eigenvalue weighted by Crippen LogP contribution is -2.22. The maximum Gasteiger partial charge on any atom is 0.416 e. The van der Waals surface area contributed by atoms with Gasteiger partial charge in [-0.2, -0.15) is 13.2 Å². The molecule has 4 rings (SSSR count). The summed E-state index contributed by atoms with van der Waals surface area (Å²) in [5.74, 6) is 1.38. The van der Waals surface area contributed by atoms with E-state index >= 15 is 0 Å². The van der Waals surface area contributed by atoms with Crippen molar-refractivity contribution in [1.29, 1.82) is 0 Å². The lowest BCUT2D eigenvalue weighted by atomic mass is 9.81. The number of nitrogens with one attached hydrogen (secondary N) is 1. The first-order valence-corrected chi connectivity index (χ1v) is 11.0. The Morgan fingerprint density at radius 1 is 1.00 bits per heavy atom. The molecule has 0 aromatic heterocycles. The summed E-state index contributed by atoms with van der Waals surface area (Å²) in [5.41, 5.74) is 2.28. The molecule has 28 heavy (non-hydrogen) atoms. The molecule has 1 aliphatic carbocycles. The van der Waals surface area contributed by atoms with Gasteiger partial charge in [0.25, 0.3) is 0 Å². The van der Waals surface area contributed by atoms with Crippen LogP contribution in [0.2, 0.25) is 0 Å². The van der Waals surface area contributed by atoms with Crippen molar-refractivity contribution in [3.05, 3.63) is 53.1 Å². The van der Waals surface area contributed by atoms with Gasteiger partial charge in [0, 0.05) is 28.4 Å². The van der Waals surface area contributed by atoms with Gasteiger partial charge in [-0.1, -0.05) is 56.1 Å². The summed E-state index contributed by atoms with van der Waals surface area (Å²) < 4.78 is 40.4. The van der Waals surface area contributed by atoms with Gasteiger partial charge < -0.3 is 5.32 Å². The van der Waals surface area contributed by atoms with E-state index in [0.717, 1.165) is 27.8 Å². The molecule has 0 atom stereocenters. The summed E-state index contributed by atoms with van der Waals surface area (Å²) in [6.07, 6.45) is 2.41. The maximum atomic E-state index is 13.5. The second kappa shape index (κ2) is 8.02. The molecule has 1 N–H and O–H groups in total. The topological polar surface area (TPSA) is 12.0 Å². The van der Waals surface area contributed by atoms with Gasteiger partial charge in [0.05, 0.1) is 5.56 Å². The van der Waals surface area contributed by atoms with Crippen LogP contribution in [0.25, 0.3) is 0 Å². The van der Waals surface area contributed by atoms with Crippen LogP contribution in [0, 0.1) is 11.8 Å². The highest BCUT2D eigenvalue weighted by atomic mass is 32.2. The highest BCUT2D eigenvalue weighted by Crippen LogP contribution is 2.45. The zero-order valence-corrected chi connectivity index (χ0v) is 16.9. The van der Waals surface area contributed by atoms with Crippen LogP contribution in [0.1, 0.15) is 55.7 Å². The van der Waals surface area contributed by atoms with Crippen LogP contribution >= 0.6 is 11.8 Å². The quantitative estimate of drug-likeness (QED) is 0.486. The average Bonchev–Trinajstić information content (AvgIpc) is 2.70. The van der Waals surface area contributed by atoms with Crippen molar-refractivity contribution in [1.82, 2.24) is 0 Å². The van der Waals surface area contributed by atoms with Crippen LogP contribution in [0.5, 0.6) is 0 Å². The Hall–Kier alpha value is -1.62. The molecule has 1 heterocycles. The third-order valence-corrected chi connectivity index (χ3v) is 7.42. The van der Waals surface area contributed by atoms with Crippen LogP contribution in [-0.2, 0) is 12.6 Å². The summed E-state index contributed by atoms with van der Waals surface area (Å²) in [6.45, 7) is 3.00. The zero-order valence-electron chi connectivity index (χ0n) is 16.1. The normalized spacial score (nSPS) is 21.7. The fourth-order valence-electron chi connectivity index (χ4n) is 4.40. The number of hydrogen-bond acceptors (Lipinski definition) is 2. The number of benzene rings is 2. The van der Waals surface area contributed by atoms with Gasteiger partial charge in [-0.05, 0) is 54.0 Å². The van der Waals surface area contributed by atoms with E-state index in [4.69, 9.17) is 0 Å². The molecule has 0 unspecified atom stereocenters. The molecule has 0 saturated heterocycles. The lowest BCUT2D eigenvalue weighted by molar-refractivity contribution is -0.137. The van der Waals surface area contributed by atoms with E-state index in [1.807, 2.05) is 18.2 Å². The van der Waals surface area contributed by atoms with E-state index in [1.165, 1.54) is 61.6 Å². The molecular weight excluding hydrogens is 379 g/mol. The van der Waals surface area contributed by atoms with Crippen molar-refractivity contribution in [2.45, 2.75) is 61.4 Å². The molecule has 1 nitrogen and oxygen atoms in total. The molecule has 2 aliphatic rings. The van der Waals surface area contributed by atoms with Gasteiger partial charge in [-0.3, -0.25) is 0 Å². The number of fused-ring (bicyclic) bond motifs is 2. The molecule has 1 fully saturated rings. The number of hydrogen-bond donors (Lipinski definition) is 1. The standard InChI is InChI=1S/C23H26F3NS/c1-2-15-7-9-16(10-8-15)14-27-20-12-18(23(24,25)26)13-22-19(20)11-17-5-3-4-6-21(17)28-22/h3-6,12-13,15-16,27H,2,7-11,14H2,1H3. The molecule has 150 valence electrons. The van der Waals surface area contributed by atoms with Gasteiger partial charge >= 0.3 is 6.18 Å². The van der Waals surface area contributed by atoms with E-state index < -0.39 is 11.7 Å². The van der Waals surface area contributed by atoms with E-state index in [0.29, 0.717) is 18.0 Å². The Morgan fingerprint density at radius 2 is 1.71 bits per heavy atom. The Labute approximate surface area is 169 Å². The molecule has 0 amide bonds. The Kier molecular flexibility index (Phi) is 5.64. The highest BCUT2D eigenvalue weighted by molar-refractivity contribution is 7.99. The van der Waals surface area contributed by atoms with Crippen molar-refractivity contribution in [2.24, 2.45) is 11.8 Å². The zero-order chi connectivity index (χ0) is 19.7. The summed E-state index contributed by atoms with van der Waals surface area (Å²) >= 11 is 1.45. The fraction of sp³-hybridized carbons (Fsp3) is 0.478. The Bertz CT molecular complexity index is 838. The van der Waals surface area contributed by atoms with Crippen molar-refractivity contribution >= 4 is 17.4 Å². The third kappa shape index (κ3) is 4.19. The minimum absolute atomic E-state index is 0.552. The van der Waals surface area contributed by atoms with Crippen molar-refractivity contribution in [3.8, 4) is 0 Å². The third-order valence-electron chi connectivity index (χ3n) is 6.22. The molecule has 2 aromatic carbocycles. The molecule has 0 spiro atoms. The van der Waals surface area contributed by atoms with Crippen molar-refractivity contribution < 1.29 is 13.2 Å². The van der Waals surface area contributed by atoms with E-state index in [2.05, 4.69) is 18.3 Å². The van der Waals surface area contributed by atoms with E-state index in [-0.39, 0.29) is 0 Å². The van der Waals surface area contributed by atoms with Gasteiger partial charge in [0.1, 0.15) is 0 Å². The van der Waals surface area contributed by atoms with E-state index in [1.54, 1.807) is 0 Å². The molecule has 5 heteroatoms. The SMILES string of the molecule is CCC1CCC(CNc2cc(C(F)(F)F)cc3c2Cc2ccccc2S3)CC1. The lowest BCUT2D eigenvalue weighted by Gasteiger charge is -2.29. The van der Waals surface area contributed by atoms with Crippen LogP contribution in [0.15, 0.2) is 46.2 Å². The summed E-state index contributed by atoms with van der Waals surface area (Å²) in [6, 6.07) is 10.6. The summed E-state index contributed by atoms with van der Waals surface area (Å²) in [4.78, 5) is 1.78. The average molecular weight is 406 g/mol. The first-order valence-electron chi connectivity index (χ1n) is 10.2. The van der Waals surface area contributed by atoms with Crippen LogP contribution < -0.4 is 5.32 Å². The maximum absolute atomic E-state index is 13.5. The number of halogens is 3. The van der Waals surface area contributed by atoms with Crippen LogP contribution in [-0.4, -0.2) is 6.54 Å². The predicted molar refractivity (Wildman–Crippen MR) is 109 cm³/mol. The molecule has 2 aromatic rings. The van der Waals surface area contributed by atoms with Gasteiger partial charge in [-0.25, -0.2) is 0 Å². The van der Waals surface area contributed by atoms with Gasteiger partial charge in [0.15, 0.2) is 0 Å². The highest BCUT2D eigenvalue weighted by Gasteiger charge is 2.33. The second-order valence-corrected chi connectivity index (χ2v) is 9.14. The Morgan fingerprint density at radius 3 is 2.43 bits per heavy atom. The molecule has 1 saturated carbocycles. The number of anilines is 1. The summed E-state index contributed by atoms with van der Waals surface area (Å²) in [7, 11) is 0. The minimum Gasteiger partial charge on any atom is -0.384 e. The smallest absolute Gasteiger partial charge is 0.384 e. The van der Waals surface area contributed by atoms with Crippen LogP contribution in [0.3, 0.4) is 0 Å². The van der Waals surface area contributed by atoms with Crippen LogP contribution in [0.4, 0.5) is 18.9 Å². The minimum atomic E-state index is -4.33. The predicted octanol–water partition coefficient (Wildman–Crippen LogP) is 7.39. The first kappa shape index (κ1) is 19.7. The van der Waals surface area contributed by atoms with Gasteiger partial charge in [-0.15, -0.1) is 0 Å². The number of rotatable bonds is 4. The first-order chi connectivity index (χ1) is 13.4. The van der Waals surface area contributed by atoms with Gasteiger partial charge in [0.2, 0.25) is 0 Å². The fourth-order valence-corrected chi connectivity index (χ4v) is 5.54. The molecule has 0 radical (unpaired) electrons. The monoisotopic (exact) mass is 405 g/mol. The largest absolute Gasteiger partial charge is 0.416 e. The molecule has 1 aliphatic heterocycles. The van der Waals surface area contributed by atoms with Crippen molar-refractivity contribution in [3.63, 3.8) is 0 Å².